The van der Waals surface area contributed by atoms with Crippen LogP contribution in [0.4, 0.5) is 5.82 Å². The Bertz CT molecular complexity index is 396. The van der Waals surface area contributed by atoms with Crippen molar-refractivity contribution in [2.24, 2.45) is 0 Å². The molecule has 1 aromatic rings. The second-order valence-electron chi connectivity index (χ2n) is 6.87. The van der Waals surface area contributed by atoms with Crippen molar-refractivity contribution in [1.82, 2.24) is 4.98 Å². The van der Waals surface area contributed by atoms with E-state index in [1.165, 1.54) is 55.5 Å². The molecule has 0 unspecified atom stereocenters. The molecule has 0 fully saturated rings. The normalized spacial score (nSPS) is 11.7. The van der Waals surface area contributed by atoms with Crippen molar-refractivity contribution in [3.8, 4) is 0 Å². The molecule has 22 heavy (non-hydrogen) atoms. The first-order chi connectivity index (χ1) is 10.6. The van der Waals surface area contributed by atoms with Gasteiger partial charge >= 0.3 is 143 Å². The Labute approximate surface area is 142 Å². The Balaban J connectivity index is 3.15. The first-order valence-corrected chi connectivity index (χ1v) is 16.7. The van der Waals surface area contributed by atoms with Crippen molar-refractivity contribution in [2.75, 3.05) is 19.0 Å². The molecule has 0 amide bonds. The maximum absolute atomic E-state index is 5.12. The van der Waals surface area contributed by atoms with Crippen LogP contribution in [0, 0.1) is 0 Å². The first kappa shape index (κ1) is 19.8. The Morgan fingerprint density at radius 2 is 1.36 bits per heavy atom. The number of hydrogen-bond acceptors (Lipinski definition) is 2. The van der Waals surface area contributed by atoms with Crippen molar-refractivity contribution in [2.45, 2.75) is 72.6 Å². The molecule has 0 aliphatic rings. The van der Waals surface area contributed by atoms with Gasteiger partial charge in [-0.1, -0.05) is 0 Å². The Kier molecular flexibility index (Phi) is 9.46. The van der Waals surface area contributed by atoms with Gasteiger partial charge in [0, 0.05) is 0 Å². The molecule has 0 aromatic carbocycles. The van der Waals surface area contributed by atoms with E-state index in [0.717, 1.165) is 5.82 Å². The van der Waals surface area contributed by atoms with Crippen LogP contribution < -0.4 is 8.61 Å². The third-order valence-electron chi connectivity index (χ3n) is 4.76. The number of hydrogen-bond donors (Lipinski definition) is 0. The van der Waals surface area contributed by atoms with Gasteiger partial charge in [0.25, 0.3) is 0 Å². The van der Waals surface area contributed by atoms with Crippen LogP contribution in [0.1, 0.15) is 59.3 Å². The van der Waals surface area contributed by atoms with Crippen molar-refractivity contribution in [3.63, 3.8) is 0 Å². The Hall–Kier alpha value is -0.251. The van der Waals surface area contributed by atoms with Gasteiger partial charge in [0.15, 0.2) is 0 Å². The average molecular weight is 411 g/mol. The van der Waals surface area contributed by atoms with Crippen molar-refractivity contribution in [1.29, 1.82) is 0 Å². The molecule has 0 bridgehead atoms. The van der Waals surface area contributed by atoms with Crippen LogP contribution in [0.3, 0.4) is 0 Å². The summed E-state index contributed by atoms with van der Waals surface area (Å²) >= 11 is -2.34. The predicted molar refractivity (Wildman–Crippen MR) is 103 cm³/mol. The van der Waals surface area contributed by atoms with E-state index in [1.807, 2.05) is 0 Å². The van der Waals surface area contributed by atoms with Crippen LogP contribution in [0.25, 0.3) is 0 Å². The van der Waals surface area contributed by atoms with E-state index in [1.54, 1.807) is 0 Å². The van der Waals surface area contributed by atoms with E-state index < -0.39 is 18.4 Å². The molecule has 126 valence electrons. The molecule has 1 aromatic heterocycles. The second kappa shape index (κ2) is 10.5. The fourth-order valence-electron chi connectivity index (χ4n) is 3.27. The molecule has 0 aliphatic carbocycles. The third-order valence-corrected chi connectivity index (χ3v) is 19.9. The number of anilines is 1. The maximum atomic E-state index is 5.12. The van der Waals surface area contributed by atoms with Gasteiger partial charge < -0.3 is 0 Å². The van der Waals surface area contributed by atoms with Crippen LogP contribution in [-0.4, -0.2) is 37.5 Å². The summed E-state index contributed by atoms with van der Waals surface area (Å²) in [6.07, 6.45) is 8.17. The van der Waals surface area contributed by atoms with E-state index in [-0.39, 0.29) is 0 Å². The van der Waals surface area contributed by atoms with E-state index in [2.05, 4.69) is 58.0 Å². The van der Waals surface area contributed by atoms with Crippen LogP contribution in [0.15, 0.2) is 18.2 Å². The minimum absolute atomic E-state index is 1.14. The monoisotopic (exact) mass is 412 g/mol. The summed E-state index contributed by atoms with van der Waals surface area (Å²) in [6, 6.07) is 6.76. The fraction of sp³-hybridized carbons (Fsp3) is 0.737. The molecule has 0 N–H and O–H groups in total. The summed E-state index contributed by atoms with van der Waals surface area (Å²) in [5.74, 6) is 1.14. The summed E-state index contributed by atoms with van der Waals surface area (Å²) in [6.45, 7) is 7.00. The van der Waals surface area contributed by atoms with Crippen molar-refractivity contribution in [3.05, 3.63) is 18.2 Å². The van der Waals surface area contributed by atoms with Crippen LogP contribution in [0.2, 0.25) is 13.3 Å². The molecular weight excluding hydrogens is 375 g/mol. The standard InChI is InChI=1S/C7H9N2.3C4H9.Sn/c1-9(2)7-5-3-4-6-8-7;3*1-3-4-2;/h3-5H,1-2H3;3*1,3-4H2,2H3;. The van der Waals surface area contributed by atoms with Crippen LogP contribution >= 0.6 is 0 Å². The molecule has 0 saturated carbocycles. The van der Waals surface area contributed by atoms with Crippen LogP contribution in [-0.2, 0) is 0 Å². The van der Waals surface area contributed by atoms with E-state index in [9.17, 15) is 0 Å². The minimum atomic E-state index is -2.34. The molecule has 2 nitrogen and oxygen atoms in total. The zero-order valence-electron chi connectivity index (χ0n) is 15.5. The molecular formula is C19H36N2Sn. The summed E-state index contributed by atoms with van der Waals surface area (Å²) in [5.41, 5.74) is 0. The molecule has 0 atom stereocenters. The molecule has 1 rings (SSSR count). The number of aromatic nitrogens is 1. The quantitative estimate of drug-likeness (QED) is 0.465. The number of pyridine rings is 1. The number of rotatable bonds is 11. The van der Waals surface area contributed by atoms with Gasteiger partial charge in [-0.25, -0.2) is 0 Å². The predicted octanol–water partition coefficient (Wildman–Crippen LogP) is 5.20. The zero-order valence-corrected chi connectivity index (χ0v) is 18.3. The van der Waals surface area contributed by atoms with E-state index in [0.29, 0.717) is 0 Å². The van der Waals surface area contributed by atoms with Gasteiger partial charge in [-0.15, -0.1) is 0 Å². The van der Waals surface area contributed by atoms with Crippen molar-refractivity contribution < 1.29 is 0 Å². The van der Waals surface area contributed by atoms with Gasteiger partial charge in [0.2, 0.25) is 0 Å². The topological polar surface area (TPSA) is 16.1 Å². The Morgan fingerprint density at radius 3 is 1.77 bits per heavy atom. The molecule has 0 radical (unpaired) electrons. The molecule has 0 aliphatic heterocycles. The second-order valence-corrected chi connectivity index (χ2v) is 19.9. The molecule has 3 heteroatoms. The SMILES string of the molecule is CCC[CH2][Sn]([CH2]CCC)([CH2]CCC)[c]1cccc(N(C)C)n1. The number of unbranched alkanes of at least 4 members (excludes halogenated alkanes) is 3. The first-order valence-electron chi connectivity index (χ1n) is 9.24. The zero-order chi connectivity index (χ0) is 16.4. The van der Waals surface area contributed by atoms with Gasteiger partial charge in [-0.3, -0.25) is 0 Å². The average Bonchev–Trinajstić information content (AvgIpc) is 2.54. The van der Waals surface area contributed by atoms with Crippen molar-refractivity contribution >= 4 is 27.9 Å². The molecule has 1 heterocycles. The van der Waals surface area contributed by atoms with Gasteiger partial charge in [0.05, 0.1) is 0 Å². The number of nitrogens with zero attached hydrogens (tertiary/aromatic N) is 2. The summed E-state index contributed by atoms with van der Waals surface area (Å²) in [4.78, 5) is 7.28. The third kappa shape index (κ3) is 5.75. The van der Waals surface area contributed by atoms with Gasteiger partial charge in [-0.05, 0) is 0 Å². The summed E-state index contributed by atoms with van der Waals surface area (Å²) in [5, 5.41) is 0. The van der Waals surface area contributed by atoms with E-state index in [4.69, 9.17) is 4.98 Å². The summed E-state index contributed by atoms with van der Waals surface area (Å²) in [7, 11) is 4.21. The van der Waals surface area contributed by atoms with Crippen LogP contribution in [0.5, 0.6) is 0 Å². The van der Waals surface area contributed by atoms with E-state index >= 15 is 0 Å². The molecule has 0 spiro atoms. The fourth-order valence-corrected chi connectivity index (χ4v) is 18.7. The molecule has 0 saturated heterocycles. The van der Waals surface area contributed by atoms with Gasteiger partial charge in [-0.2, -0.15) is 0 Å². The summed E-state index contributed by atoms with van der Waals surface area (Å²) < 4.78 is 6.02. The Morgan fingerprint density at radius 1 is 0.864 bits per heavy atom. The van der Waals surface area contributed by atoms with Gasteiger partial charge in [0.1, 0.15) is 0 Å².